The highest BCUT2D eigenvalue weighted by Gasteiger charge is 2.32. The zero-order valence-electron chi connectivity index (χ0n) is 56.2. The molecule has 0 unspecified atom stereocenters. The zero-order valence-corrected chi connectivity index (χ0v) is 56.2. The van der Waals surface area contributed by atoms with Crippen LogP contribution in [0.5, 0.6) is 5.75 Å². The molecule has 12 aromatic rings. The summed E-state index contributed by atoms with van der Waals surface area (Å²) in [5.74, 6) is 1.14. The fourth-order valence-electron chi connectivity index (χ4n) is 13.1. The van der Waals surface area contributed by atoms with Crippen LogP contribution in [0.25, 0.3) is 33.6 Å². The van der Waals surface area contributed by atoms with Gasteiger partial charge in [0.2, 0.25) is 35.6 Å². The molecule has 17 rings (SSSR count). The number of aryl methyl sites for hydroxylation is 1. The number of anilines is 3. The van der Waals surface area contributed by atoms with Gasteiger partial charge >= 0.3 is 6.36 Å². The molecule has 0 atom stereocenters. The van der Waals surface area contributed by atoms with Gasteiger partial charge in [-0.2, -0.15) is 56.4 Å². The Balaban J connectivity index is 0.000000126. The van der Waals surface area contributed by atoms with Crippen molar-refractivity contribution < 1.29 is 32.3 Å². The van der Waals surface area contributed by atoms with Gasteiger partial charge in [0.25, 0.3) is 0 Å². The van der Waals surface area contributed by atoms with Crippen LogP contribution in [0.2, 0.25) is 0 Å². The Labute approximate surface area is 590 Å². The van der Waals surface area contributed by atoms with Crippen molar-refractivity contribution in [3.8, 4) is 39.4 Å². The number of carbonyl (C=O) groups excluding carboxylic acids is 3. The molecule has 35 heteroatoms. The lowest BCUT2D eigenvalue weighted by molar-refractivity contribution is -0.274. The SMILES string of the molecule is CCc1cc(-c2cnc(NC3Cc4ccccc4C3)nc2)nn1CC(=O)N1CCc2n[nH]nc2C1.O=C(Cn1cc(-c2cnc(NC3Cc4ccccc4C3)nc2)cn1)N1CCc2n[nH]nc2C1.O=C(Cn1cc(-c2cnc(NCc3cccc(OC(F)(F)F)c3)nc2)nn1)N1CCc2n[nH]nc2C1. The number of nitrogens with zero attached hydrogens (tertiary/aromatic N) is 22. The predicted octanol–water partition coefficient (Wildman–Crippen LogP) is 5.76. The molecule has 3 amide bonds. The lowest BCUT2D eigenvalue weighted by atomic mass is 10.1. The Morgan fingerprint density at radius 2 is 0.990 bits per heavy atom. The first kappa shape index (κ1) is 67.1. The normalized spacial score (nSPS) is 14.6. The Morgan fingerprint density at radius 1 is 0.519 bits per heavy atom. The first-order valence-electron chi connectivity index (χ1n) is 33.9. The number of rotatable bonds is 18. The summed E-state index contributed by atoms with van der Waals surface area (Å²) >= 11 is 0. The van der Waals surface area contributed by atoms with Crippen LogP contribution in [0.4, 0.5) is 31.0 Å². The van der Waals surface area contributed by atoms with Gasteiger partial charge in [-0.1, -0.05) is 72.8 Å². The lowest BCUT2D eigenvalue weighted by Crippen LogP contribution is -2.38. The number of benzene rings is 3. The summed E-state index contributed by atoms with van der Waals surface area (Å²) in [7, 11) is 0. The Kier molecular flexibility index (Phi) is 19.3. The smallest absolute Gasteiger partial charge is 0.406 e. The molecule has 104 heavy (non-hydrogen) atoms. The monoisotopic (exact) mass is 1410 g/mol. The van der Waals surface area contributed by atoms with Crippen molar-refractivity contribution in [3.63, 3.8) is 0 Å². The molecule has 0 fully saturated rings. The highest BCUT2D eigenvalue weighted by atomic mass is 19.4. The molecule has 6 N–H and O–H groups in total. The van der Waals surface area contributed by atoms with E-state index in [1.54, 1.807) is 62.4 Å². The number of hydrogen-bond acceptors (Lipinski definition) is 23. The number of amides is 3. The molecule has 3 aliphatic heterocycles. The standard InChI is InChI=1S/C25H27N9O.C23H23N9O.C21H19F3N10O2/c1-2-20-11-22(31-34(20)15-24(35)33-8-7-21-23(14-33)30-32-29-21)18-12-26-25(27-13-18)28-19-9-16-5-3-4-6-17(16)10-19;33-22(31-6-5-20-21(13-31)29-30-28-20)14-32-12-18(11-26-32)17-9-24-23(25-10-17)27-19-7-15-3-1-2-4-16(15)8-19;22-21(23,24)36-15-3-1-2-13(6-15)7-25-20-26-8-14(9-27-20)17-11-34(32-30-17)12-19(35)33-5-4-16-18(10-33)29-31-28-16/h3-6,11-13,19H,2,7-10,14-15H2,1H3,(H,26,27,28)(H,29,30,32);1-4,9-12,19H,5-8,13-14H2,(H,24,25,27)(H,28,29,30);1-3,6,8-9,11H,4-5,7,10,12H2,(H,25,26,27)(H,28,29,31). The first-order chi connectivity index (χ1) is 50.7. The van der Waals surface area contributed by atoms with Gasteiger partial charge in [0, 0.05) is 129 Å². The molecule has 0 spiro atoms. The zero-order chi connectivity index (χ0) is 71.1. The molecule has 12 heterocycles. The van der Waals surface area contributed by atoms with E-state index in [1.807, 2.05) is 17.2 Å². The second kappa shape index (κ2) is 29.8. The topological polar surface area (TPSA) is 375 Å². The van der Waals surface area contributed by atoms with E-state index < -0.39 is 6.36 Å². The van der Waals surface area contributed by atoms with Gasteiger partial charge in [-0.15, -0.1) is 18.3 Å². The van der Waals surface area contributed by atoms with E-state index in [9.17, 15) is 27.6 Å². The van der Waals surface area contributed by atoms with Gasteiger partial charge in [-0.3, -0.25) is 23.7 Å². The maximum atomic E-state index is 13.0. The van der Waals surface area contributed by atoms with Crippen molar-refractivity contribution in [3.05, 3.63) is 202 Å². The minimum atomic E-state index is -4.75. The summed E-state index contributed by atoms with van der Waals surface area (Å²) in [6, 6.07) is 25.3. The minimum Gasteiger partial charge on any atom is -0.406 e. The quantitative estimate of drug-likeness (QED) is 0.0595. The number of alkyl halides is 3. The van der Waals surface area contributed by atoms with Crippen LogP contribution in [0.15, 0.2) is 135 Å². The van der Waals surface area contributed by atoms with Gasteiger partial charge in [-0.25, -0.2) is 34.6 Å². The number of hydrogen-bond donors (Lipinski definition) is 6. The molecule has 5 aliphatic rings. The Hall–Kier alpha value is -12.7. The van der Waals surface area contributed by atoms with E-state index >= 15 is 0 Å². The van der Waals surface area contributed by atoms with E-state index in [0.29, 0.717) is 99.3 Å². The van der Waals surface area contributed by atoms with E-state index in [0.717, 1.165) is 94.3 Å². The molecule has 3 aromatic carbocycles. The van der Waals surface area contributed by atoms with Crippen molar-refractivity contribution in [2.24, 2.45) is 0 Å². The van der Waals surface area contributed by atoms with Crippen molar-refractivity contribution in [2.75, 3.05) is 35.6 Å². The number of nitrogens with one attached hydrogen (secondary N) is 6. The third-order valence-corrected chi connectivity index (χ3v) is 18.6. The molecule has 0 radical (unpaired) electrons. The van der Waals surface area contributed by atoms with Crippen molar-refractivity contribution in [1.82, 2.24) is 125 Å². The fourth-order valence-corrected chi connectivity index (χ4v) is 13.1. The average molecular weight is 1410 g/mol. The largest absolute Gasteiger partial charge is 0.573 e. The maximum absolute atomic E-state index is 13.0. The van der Waals surface area contributed by atoms with E-state index in [-0.39, 0.29) is 55.6 Å². The van der Waals surface area contributed by atoms with Gasteiger partial charge in [-0.05, 0) is 78.1 Å². The number of halogens is 3. The Morgan fingerprint density at radius 3 is 1.50 bits per heavy atom. The van der Waals surface area contributed by atoms with Gasteiger partial charge in [0.15, 0.2) is 0 Å². The van der Waals surface area contributed by atoms with Gasteiger partial charge < -0.3 is 35.4 Å². The maximum Gasteiger partial charge on any atom is 0.573 e. The molecule has 0 saturated carbocycles. The number of fused-ring (bicyclic) bond motifs is 5. The van der Waals surface area contributed by atoms with Crippen LogP contribution in [0, 0.1) is 0 Å². The highest BCUT2D eigenvalue weighted by molar-refractivity contribution is 5.78. The number of ether oxygens (including phenoxy) is 1. The summed E-state index contributed by atoms with van der Waals surface area (Å²) in [5.41, 5.74) is 16.7. The second-order valence-electron chi connectivity index (χ2n) is 25.6. The van der Waals surface area contributed by atoms with Crippen LogP contribution in [-0.2, 0) is 112 Å². The third-order valence-electron chi connectivity index (χ3n) is 18.6. The fraction of sp³-hybridized carbons (Fsp3) is 0.319. The molecular weight excluding hydrogens is 1340 g/mol. The minimum absolute atomic E-state index is 0.00616. The summed E-state index contributed by atoms with van der Waals surface area (Å²) in [5, 5.41) is 59.5. The number of carbonyl (C=O) groups is 3. The number of aromatic amines is 3. The average Bonchev–Trinajstić information content (AvgIpc) is 1.68. The van der Waals surface area contributed by atoms with Gasteiger partial charge in [0.1, 0.15) is 48.2 Å². The second-order valence-corrected chi connectivity index (χ2v) is 25.6. The summed E-state index contributed by atoms with van der Waals surface area (Å²) in [6.07, 6.45) is 17.5. The van der Waals surface area contributed by atoms with Gasteiger partial charge in [0.05, 0.1) is 54.8 Å². The first-order valence-corrected chi connectivity index (χ1v) is 33.9. The van der Waals surface area contributed by atoms with E-state index in [4.69, 9.17) is 5.10 Å². The molecule has 9 aromatic heterocycles. The van der Waals surface area contributed by atoms with E-state index in [2.05, 4.69) is 168 Å². The van der Waals surface area contributed by atoms with Crippen molar-refractivity contribution >= 4 is 35.6 Å². The highest BCUT2D eigenvalue weighted by Crippen LogP contribution is 2.29. The van der Waals surface area contributed by atoms with Crippen LogP contribution >= 0.6 is 0 Å². The number of aromatic nitrogens is 22. The Bertz CT molecular complexity index is 4940. The van der Waals surface area contributed by atoms with Crippen molar-refractivity contribution in [2.45, 2.75) is 123 Å². The van der Waals surface area contributed by atoms with Crippen LogP contribution < -0.4 is 20.7 Å². The molecular formula is C69H69F3N28O4. The third kappa shape index (κ3) is 16.0. The molecule has 2 aliphatic carbocycles. The summed E-state index contributed by atoms with van der Waals surface area (Å²) in [6.45, 7) is 5.85. The summed E-state index contributed by atoms with van der Waals surface area (Å²) in [4.78, 5) is 70.1. The van der Waals surface area contributed by atoms with Crippen LogP contribution in [0.3, 0.4) is 0 Å². The lowest BCUT2D eigenvalue weighted by Gasteiger charge is -2.25. The van der Waals surface area contributed by atoms with Crippen LogP contribution in [0.1, 0.15) is 74.6 Å². The molecule has 530 valence electrons. The summed E-state index contributed by atoms with van der Waals surface area (Å²) < 4.78 is 46.0. The molecule has 0 bridgehead atoms. The van der Waals surface area contributed by atoms with E-state index in [1.165, 1.54) is 57.5 Å². The number of H-pyrrole nitrogens is 3. The molecule has 32 nitrogen and oxygen atoms in total. The predicted molar refractivity (Wildman–Crippen MR) is 366 cm³/mol. The molecule has 0 saturated heterocycles. The van der Waals surface area contributed by atoms with Crippen LogP contribution in [-0.4, -0.2) is 181 Å². The van der Waals surface area contributed by atoms with Crippen molar-refractivity contribution in [1.29, 1.82) is 0 Å².